The molecule has 1 aliphatic rings. The van der Waals surface area contributed by atoms with E-state index in [1.54, 1.807) is 6.34 Å². The van der Waals surface area contributed by atoms with Crippen molar-refractivity contribution in [3.8, 4) is 0 Å². The van der Waals surface area contributed by atoms with Crippen molar-refractivity contribution in [2.24, 2.45) is 16.6 Å². The Morgan fingerprint density at radius 2 is 1.18 bits per heavy atom. The monoisotopic (exact) mass is 244 g/mol. The lowest BCUT2D eigenvalue weighted by atomic mass is 10.3. The molecule has 102 valence electrons. The number of nitrogens with one attached hydrogen (secondary N) is 3. The second-order valence-corrected chi connectivity index (χ2v) is 3.88. The van der Waals surface area contributed by atoms with Crippen LogP contribution in [0.25, 0.3) is 0 Å². The Hall–Kier alpha value is -0.690. The van der Waals surface area contributed by atoms with Crippen molar-refractivity contribution in [1.82, 2.24) is 16.1 Å². The van der Waals surface area contributed by atoms with Crippen LogP contribution in [0.1, 0.15) is 25.7 Å². The van der Waals surface area contributed by atoms with Crippen molar-refractivity contribution in [2.45, 2.75) is 25.7 Å². The Morgan fingerprint density at radius 1 is 0.824 bits per heavy atom. The van der Waals surface area contributed by atoms with Gasteiger partial charge in [0, 0.05) is 0 Å². The van der Waals surface area contributed by atoms with Crippen molar-refractivity contribution in [3.63, 3.8) is 0 Å². The van der Waals surface area contributed by atoms with Crippen LogP contribution >= 0.6 is 0 Å². The third kappa shape index (κ3) is 21.2. The summed E-state index contributed by atoms with van der Waals surface area (Å²) in [7, 11) is 0. The summed E-state index contributed by atoms with van der Waals surface area (Å²) in [5, 5.41) is 10.1. The fraction of sp³-hybridized carbons (Fsp3) is 0.909. The van der Waals surface area contributed by atoms with Crippen LogP contribution in [0.15, 0.2) is 5.10 Å². The average molecular weight is 244 g/mol. The van der Waals surface area contributed by atoms with Crippen LogP contribution in [0, 0.1) is 0 Å². The van der Waals surface area contributed by atoms with Crippen LogP contribution in [-0.4, -0.2) is 45.6 Å². The number of hydrogen-bond acceptors (Lipinski definition) is 6. The summed E-state index contributed by atoms with van der Waals surface area (Å²) in [5.74, 6) is 0. The van der Waals surface area contributed by atoms with Gasteiger partial charge in [0.05, 0.1) is 0 Å². The third-order valence-electron chi connectivity index (χ3n) is 2.20. The van der Waals surface area contributed by atoms with E-state index in [0.29, 0.717) is 0 Å². The third-order valence-corrected chi connectivity index (χ3v) is 2.20. The SMILES string of the molecule is C1=NN1.NCCCNCCCCNCCCN. The molecule has 0 radical (unpaired) electrons. The van der Waals surface area contributed by atoms with E-state index >= 15 is 0 Å². The second kappa shape index (κ2) is 15.3. The summed E-state index contributed by atoms with van der Waals surface area (Å²) in [6, 6.07) is 0. The maximum Gasteiger partial charge on any atom is 0.129 e. The topological polar surface area (TPSA) is 110 Å². The minimum atomic E-state index is 0.785. The molecule has 0 aromatic heterocycles. The zero-order valence-corrected chi connectivity index (χ0v) is 10.8. The normalized spacial score (nSPS) is 11.6. The highest BCUT2D eigenvalue weighted by Gasteiger charge is 1.89. The lowest BCUT2D eigenvalue weighted by molar-refractivity contribution is 0.570. The van der Waals surface area contributed by atoms with Crippen molar-refractivity contribution in [1.29, 1.82) is 0 Å². The summed E-state index contributed by atoms with van der Waals surface area (Å²) in [4.78, 5) is 0. The molecule has 0 unspecified atom stereocenters. The van der Waals surface area contributed by atoms with Gasteiger partial charge in [0.15, 0.2) is 0 Å². The molecule has 0 amide bonds. The van der Waals surface area contributed by atoms with Crippen molar-refractivity contribution < 1.29 is 0 Å². The number of rotatable bonds is 11. The maximum absolute atomic E-state index is 5.38. The second-order valence-electron chi connectivity index (χ2n) is 3.88. The molecule has 1 rings (SSSR count). The van der Waals surface area contributed by atoms with Gasteiger partial charge in [0.1, 0.15) is 6.34 Å². The summed E-state index contributed by atoms with van der Waals surface area (Å²) in [5.41, 5.74) is 13.3. The Morgan fingerprint density at radius 3 is 1.47 bits per heavy atom. The molecule has 6 heteroatoms. The van der Waals surface area contributed by atoms with Crippen LogP contribution in [0.5, 0.6) is 0 Å². The molecule has 0 saturated heterocycles. The highest BCUT2D eigenvalue weighted by molar-refractivity contribution is 5.64. The van der Waals surface area contributed by atoms with E-state index in [4.69, 9.17) is 11.5 Å². The first kappa shape index (κ1) is 16.3. The summed E-state index contributed by atoms with van der Waals surface area (Å²) >= 11 is 0. The largest absolute Gasteiger partial charge is 0.330 e. The molecule has 0 aromatic carbocycles. The van der Waals surface area contributed by atoms with E-state index in [-0.39, 0.29) is 0 Å². The van der Waals surface area contributed by atoms with E-state index in [2.05, 4.69) is 21.2 Å². The van der Waals surface area contributed by atoms with Gasteiger partial charge >= 0.3 is 0 Å². The predicted molar refractivity (Wildman–Crippen MR) is 73.9 cm³/mol. The van der Waals surface area contributed by atoms with Crippen LogP contribution in [0.3, 0.4) is 0 Å². The predicted octanol–water partition coefficient (Wildman–Crippen LogP) is -0.824. The summed E-state index contributed by atoms with van der Waals surface area (Å²) < 4.78 is 0. The van der Waals surface area contributed by atoms with E-state index < -0.39 is 0 Å². The first-order valence-electron chi connectivity index (χ1n) is 6.50. The van der Waals surface area contributed by atoms with Gasteiger partial charge in [0.25, 0.3) is 0 Å². The smallest absolute Gasteiger partial charge is 0.129 e. The number of nitrogens with two attached hydrogens (primary N) is 2. The lowest BCUT2D eigenvalue weighted by Gasteiger charge is -2.04. The minimum Gasteiger partial charge on any atom is -0.330 e. The van der Waals surface area contributed by atoms with Crippen LogP contribution in [-0.2, 0) is 0 Å². The molecule has 1 aliphatic heterocycles. The molecule has 0 bridgehead atoms. The van der Waals surface area contributed by atoms with Gasteiger partial charge in [-0.3, -0.25) is 5.43 Å². The highest BCUT2D eigenvalue weighted by Crippen LogP contribution is 1.84. The zero-order chi connectivity index (χ0) is 12.6. The first-order chi connectivity index (χ1) is 8.41. The first-order valence-corrected chi connectivity index (χ1v) is 6.50. The molecule has 0 atom stereocenters. The van der Waals surface area contributed by atoms with Gasteiger partial charge in [0.2, 0.25) is 0 Å². The zero-order valence-electron chi connectivity index (χ0n) is 10.8. The molecular formula is C11H28N6. The Kier molecular flexibility index (Phi) is 14.7. The molecule has 6 nitrogen and oxygen atoms in total. The van der Waals surface area contributed by atoms with E-state index in [1.807, 2.05) is 0 Å². The number of unbranched alkanes of at least 4 members (excludes halogenated alkanes) is 1. The van der Waals surface area contributed by atoms with Gasteiger partial charge in [-0.1, -0.05) is 0 Å². The molecule has 0 saturated carbocycles. The van der Waals surface area contributed by atoms with Crippen LogP contribution in [0.4, 0.5) is 0 Å². The van der Waals surface area contributed by atoms with Gasteiger partial charge in [-0.05, 0) is 65.0 Å². The standard InChI is InChI=1S/C10H26N4.CH2N2/c11-5-3-9-13-7-1-2-8-14-10-4-6-12;1-2-3-1/h13-14H,1-12H2;1H,(H,2,3). The van der Waals surface area contributed by atoms with Crippen molar-refractivity contribution >= 4 is 6.34 Å². The Bertz CT molecular complexity index is 146. The summed E-state index contributed by atoms with van der Waals surface area (Å²) in [6.07, 6.45) is 6.25. The fourth-order valence-corrected chi connectivity index (χ4v) is 1.20. The molecule has 0 aromatic rings. The molecule has 17 heavy (non-hydrogen) atoms. The van der Waals surface area contributed by atoms with Crippen LogP contribution in [0.2, 0.25) is 0 Å². The molecule has 0 spiro atoms. The molecule has 0 aliphatic carbocycles. The fourth-order valence-electron chi connectivity index (χ4n) is 1.20. The lowest BCUT2D eigenvalue weighted by Crippen LogP contribution is -2.22. The maximum atomic E-state index is 5.38. The van der Waals surface area contributed by atoms with E-state index in [0.717, 1.165) is 52.1 Å². The molecule has 7 N–H and O–H groups in total. The van der Waals surface area contributed by atoms with E-state index in [1.165, 1.54) is 12.8 Å². The number of hydrazone groups is 1. The quantitative estimate of drug-likeness (QED) is 0.305. The molecular weight excluding hydrogens is 216 g/mol. The van der Waals surface area contributed by atoms with Gasteiger partial charge in [-0.2, -0.15) is 5.10 Å². The van der Waals surface area contributed by atoms with Gasteiger partial charge < -0.3 is 22.1 Å². The van der Waals surface area contributed by atoms with E-state index in [9.17, 15) is 0 Å². The van der Waals surface area contributed by atoms with Gasteiger partial charge in [-0.15, -0.1) is 0 Å². The Labute approximate surface area is 105 Å². The number of nitrogens with zero attached hydrogens (tertiary/aromatic N) is 1. The highest BCUT2D eigenvalue weighted by atomic mass is 15.4. The molecule has 1 heterocycles. The van der Waals surface area contributed by atoms with Crippen molar-refractivity contribution in [2.75, 3.05) is 39.3 Å². The number of hydrogen-bond donors (Lipinski definition) is 5. The summed E-state index contributed by atoms with van der Waals surface area (Å²) in [6.45, 7) is 5.90. The minimum absolute atomic E-state index is 0.785. The average Bonchev–Trinajstić information content (AvgIpc) is 3.19. The van der Waals surface area contributed by atoms with Crippen LogP contribution < -0.4 is 27.5 Å². The van der Waals surface area contributed by atoms with Crippen molar-refractivity contribution in [3.05, 3.63) is 0 Å². The van der Waals surface area contributed by atoms with Gasteiger partial charge in [-0.25, -0.2) is 0 Å². The Balaban J connectivity index is 0.000000728. The molecule has 0 fully saturated rings.